The zero-order chi connectivity index (χ0) is 13.6. The van der Waals surface area contributed by atoms with E-state index in [1.807, 2.05) is 60.7 Å². The molecule has 0 atom stereocenters. The smallest absolute Gasteiger partial charge is 0.316 e. The molecule has 0 saturated heterocycles. The molecule has 2 aromatic carbocycles. The number of rotatable bonds is 0. The number of fused-ring (bicyclic) bond motifs is 2. The van der Waals surface area contributed by atoms with Crippen LogP contribution in [0.2, 0.25) is 0 Å². The predicted molar refractivity (Wildman–Crippen MR) is 90.5 cm³/mol. The molecule has 2 nitrogen and oxygen atoms in total. The van der Waals surface area contributed by atoms with Crippen LogP contribution in [0.25, 0.3) is 12.2 Å². The van der Waals surface area contributed by atoms with Gasteiger partial charge < -0.3 is 9.47 Å². The van der Waals surface area contributed by atoms with Crippen LogP contribution in [0.1, 0.15) is 11.1 Å². The van der Waals surface area contributed by atoms with Gasteiger partial charge in [0.25, 0.3) is 0 Å². The summed E-state index contributed by atoms with van der Waals surface area (Å²) in [4.78, 5) is 0. The average Bonchev–Trinajstić information content (AvgIpc) is 2.56. The van der Waals surface area contributed by atoms with Crippen molar-refractivity contribution in [2.24, 2.45) is 0 Å². The highest BCUT2D eigenvalue weighted by molar-refractivity contribution is 5.75. The normalized spacial score (nSPS) is 13.3. The van der Waals surface area contributed by atoms with E-state index in [9.17, 15) is 0 Å². The van der Waals surface area contributed by atoms with Gasteiger partial charge in [-0.25, -0.2) is 0 Å². The van der Waals surface area contributed by atoms with Crippen molar-refractivity contribution in [3.05, 3.63) is 71.8 Å². The second-order valence-corrected chi connectivity index (χ2v) is 4.50. The molecule has 2 aliphatic rings. The van der Waals surface area contributed by atoms with Crippen molar-refractivity contribution in [3.63, 3.8) is 0 Å². The summed E-state index contributed by atoms with van der Waals surface area (Å²) in [5.74, 6) is 1.98. The molecule has 0 saturated carbocycles. The van der Waals surface area contributed by atoms with Gasteiger partial charge in [0.2, 0.25) is 0 Å². The molecular formula is C18H18MgO2. The van der Waals surface area contributed by atoms with Crippen LogP contribution in [0.3, 0.4) is 0 Å². The van der Waals surface area contributed by atoms with E-state index in [0.717, 1.165) is 11.5 Å². The van der Waals surface area contributed by atoms with Crippen LogP contribution >= 0.6 is 0 Å². The SMILES string of the molecule is C1=Cc2ccccc2OC1.C1=Cc2ccccc2OC1.[MgH2]. The molecule has 0 spiro atoms. The van der Waals surface area contributed by atoms with Gasteiger partial charge in [-0.3, -0.25) is 0 Å². The van der Waals surface area contributed by atoms with E-state index in [1.54, 1.807) is 0 Å². The van der Waals surface area contributed by atoms with Crippen LogP contribution in [-0.2, 0) is 0 Å². The van der Waals surface area contributed by atoms with E-state index >= 15 is 0 Å². The van der Waals surface area contributed by atoms with E-state index < -0.39 is 0 Å². The molecule has 2 heterocycles. The van der Waals surface area contributed by atoms with E-state index in [2.05, 4.69) is 12.2 Å². The lowest BCUT2D eigenvalue weighted by molar-refractivity contribution is 0.358. The third kappa shape index (κ3) is 4.13. The number of hydrogen-bond acceptors (Lipinski definition) is 2. The maximum absolute atomic E-state index is 5.34. The van der Waals surface area contributed by atoms with Crippen LogP contribution < -0.4 is 9.47 Å². The molecular weight excluding hydrogens is 273 g/mol. The molecule has 0 aromatic heterocycles. The summed E-state index contributed by atoms with van der Waals surface area (Å²) < 4.78 is 10.7. The second kappa shape index (κ2) is 7.91. The van der Waals surface area contributed by atoms with Gasteiger partial charge in [-0.2, -0.15) is 0 Å². The van der Waals surface area contributed by atoms with Gasteiger partial charge in [0, 0.05) is 11.1 Å². The van der Waals surface area contributed by atoms with Gasteiger partial charge in [-0.05, 0) is 24.3 Å². The first-order chi connectivity index (χ1) is 9.93. The van der Waals surface area contributed by atoms with Crippen molar-refractivity contribution in [2.75, 3.05) is 13.2 Å². The average molecular weight is 291 g/mol. The fourth-order valence-electron chi connectivity index (χ4n) is 2.13. The Labute approximate surface area is 141 Å². The summed E-state index contributed by atoms with van der Waals surface area (Å²) >= 11 is 0. The maximum Gasteiger partial charge on any atom is 0.316 e. The molecule has 104 valence electrons. The quantitative estimate of drug-likeness (QED) is 0.693. The molecule has 4 rings (SSSR count). The highest BCUT2D eigenvalue weighted by Crippen LogP contribution is 2.22. The highest BCUT2D eigenvalue weighted by atomic mass is 24.3. The highest BCUT2D eigenvalue weighted by Gasteiger charge is 2.01. The lowest BCUT2D eigenvalue weighted by Gasteiger charge is -2.10. The summed E-state index contributed by atoms with van der Waals surface area (Å²) in [6.45, 7) is 1.41. The van der Waals surface area contributed by atoms with Crippen molar-refractivity contribution in [3.8, 4) is 11.5 Å². The minimum Gasteiger partial charge on any atom is -0.489 e. The zero-order valence-corrected chi connectivity index (χ0v) is 11.2. The van der Waals surface area contributed by atoms with Crippen LogP contribution in [0.15, 0.2) is 60.7 Å². The van der Waals surface area contributed by atoms with E-state index in [-0.39, 0.29) is 23.1 Å². The Morgan fingerprint density at radius 2 is 1.05 bits per heavy atom. The van der Waals surface area contributed by atoms with Gasteiger partial charge in [-0.15, -0.1) is 0 Å². The number of benzene rings is 2. The van der Waals surface area contributed by atoms with Crippen LogP contribution in [0, 0.1) is 0 Å². The van der Waals surface area contributed by atoms with Crippen molar-refractivity contribution in [1.82, 2.24) is 0 Å². The maximum atomic E-state index is 5.34. The Morgan fingerprint density at radius 3 is 1.48 bits per heavy atom. The summed E-state index contributed by atoms with van der Waals surface area (Å²) in [6, 6.07) is 16.1. The summed E-state index contributed by atoms with van der Waals surface area (Å²) in [6.07, 6.45) is 8.20. The third-order valence-corrected chi connectivity index (χ3v) is 3.10. The zero-order valence-electron chi connectivity index (χ0n) is 11.2. The van der Waals surface area contributed by atoms with E-state index in [1.165, 1.54) is 11.1 Å². The van der Waals surface area contributed by atoms with Crippen LogP contribution in [-0.4, -0.2) is 36.3 Å². The van der Waals surface area contributed by atoms with E-state index in [4.69, 9.17) is 9.47 Å². The Morgan fingerprint density at radius 1 is 0.619 bits per heavy atom. The molecule has 0 unspecified atom stereocenters. The molecule has 2 aliphatic heterocycles. The van der Waals surface area contributed by atoms with Crippen LogP contribution in [0.4, 0.5) is 0 Å². The van der Waals surface area contributed by atoms with Crippen molar-refractivity contribution in [1.29, 1.82) is 0 Å². The summed E-state index contributed by atoms with van der Waals surface area (Å²) in [5, 5.41) is 0. The standard InChI is InChI=1S/2C9H8O.Mg.2H/c2*1-2-6-9-8(4-1)5-3-7-10-9;;;/h2*1-6H,7H2;;;. The van der Waals surface area contributed by atoms with Crippen molar-refractivity contribution >= 4 is 35.2 Å². The minimum absolute atomic E-state index is 0. The molecule has 0 N–H and O–H groups in total. The largest absolute Gasteiger partial charge is 0.489 e. The molecule has 0 radical (unpaired) electrons. The summed E-state index contributed by atoms with van der Waals surface area (Å²) in [7, 11) is 0. The van der Waals surface area contributed by atoms with Gasteiger partial charge in [0.1, 0.15) is 24.7 Å². The van der Waals surface area contributed by atoms with Crippen LogP contribution in [0.5, 0.6) is 11.5 Å². The number of hydrogen-bond donors (Lipinski definition) is 0. The molecule has 3 heteroatoms. The topological polar surface area (TPSA) is 18.5 Å². The van der Waals surface area contributed by atoms with Gasteiger partial charge in [0.15, 0.2) is 0 Å². The molecule has 0 fully saturated rings. The monoisotopic (exact) mass is 290 g/mol. The molecule has 2 aromatic rings. The first-order valence-electron chi connectivity index (χ1n) is 6.70. The minimum atomic E-state index is 0. The van der Waals surface area contributed by atoms with Gasteiger partial charge >= 0.3 is 23.1 Å². The van der Waals surface area contributed by atoms with Gasteiger partial charge in [-0.1, -0.05) is 48.6 Å². The molecule has 0 aliphatic carbocycles. The Balaban J connectivity index is 0.000000147. The Hall–Kier alpha value is -1.71. The van der Waals surface area contributed by atoms with E-state index in [0.29, 0.717) is 13.2 Å². The lowest BCUT2D eigenvalue weighted by atomic mass is 10.1. The van der Waals surface area contributed by atoms with Crippen molar-refractivity contribution in [2.45, 2.75) is 0 Å². The first kappa shape index (κ1) is 15.7. The number of para-hydroxylation sites is 2. The molecule has 0 amide bonds. The second-order valence-electron chi connectivity index (χ2n) is 4.50. The Bertz CT molecular complexity index is 590. The number of ether oxygens (including phenoxy) is 2. The lowest BCUT2D eigenvalue weighted by Crippen LogP contribution is -1.98. The third-order valence-electron chi connectivity index (χ3n) is 3.10. The van der Waals surface area contributed by atoms with Crippen molar-refractivity contribution < 1.29 is 9.47 Å². The van der Waals surface area contributed by atoms with Gasteiger partial charge in [0.05, 0.1) is 0 Å². The molecule has 21 heavy (non-hydrogen) atoms. The summed E-state index contributed by atoms with van der Waals surface area (Å²) in [5.41, 5.74) is 2.35. The Kier molecular flexibility index (Phi) is 5.90. The fourth-order valence-corrected chi connectivity index (χ4v) is 2.13. The predicted octanol–water partition coefficient (Wildman–Crippen LogP) is 3.27. The first-order valence-corrected chi connectivity index (χ1v) is 6.70. The fraction of sp³-hybridized carbons (Fsp3) is 0.111. The molecule has 0 bridgehead atoms.